The van der Waals surface area contributed by atoms with Gasteiger partial charge in [0.1, 0.15) is 17.4 Å². The second kappa shape index (κ2) is 6.29. The van der Waals surface area contributed by atoms with E-state index in [0.717, 1.165) is 0 Å². The van der Waals surface area contributed by atoms with Crippen LogP contribution in [0.4, 0.5) is 5.69 Å². The van der Waals surface area contributed by atoms with Crippen molar-refractivity contribution in [3.63, 3.8) is 0 Å². The van der Waals surface area contributed by atoms with Gasteiger partial charge in [-0.15, -0.1) is 0 Å². The number of allylic oxidation sites excluding steroid dienone is 1. The summed E-state index contributed by atoms with van der Waals surface area (Å²) in [5.74, 6) is -0.0764. The first-order chi connectivity index (χ1) is 16.2. The number of benzene rings is 2. The Morgan fingerprint density at radius 3 is 2.53 bits per heavy atom. The average Bonchev–Trinajstić information content (AvgIpc) is 3.28. The Kier molecular flexibility index (Phi) is 3.80. The number of nitrogens with two attached hydrogens (primary N) is 1. The maximum absolute atomic E-state index is 14.3. The maximum atomic E-state index is 14.3. The number of anilines is 1. The standard InChI is InChI=1S/C27H23N3O4/c1-25(2)12-19-22(20(31)13-25)26-17(14-28)24(29)34-27(26,16-9-5-4-8-15(16)23(26)32)30(19)18-10-6-7-11-21(18)33-3/h4-11H,12-13,29H2,1-3H3/t26-,27-/m1/s1. The first kappa shape index (κ1) is 20.5. The number of fused-ring (bicyclic) bond motifs is 1. The third-order valence-corrected chi connectivity index (χ3v) is 7.51. The highest BCUT2D eigenvalue weighted by molar-refractivity contribution is 6.20. The molecule has 0 bridgehead atoms. The number of Topliss-reactive ketones (excluding diaryl/α,β-unsaturated/α-hetero) is 2. The zero-order valence-electron chi connectivity index (χ0n) is 19.1. The van der Waals surface area contributed by atoms with E-state index in [1.54, 1.807) is 19.2 Å². The lowest BCUT2D eigenvalue weighted by Gasteiger charge is -2.42. The van der Waals surface area contributed by atoms with E-state index in [4.69, 9.17) is 15.2 Å². The highest BCUT2D eigenvalue weighted by Gasteiger charge is 2.81. The van der Waals surface area contributed by atoms with Crippen LogP contribution in [0.2, 0.25) is 0 Å². The molecule has 0 spiro atoms. The molecule has 7 nitrogen and oxygen atoms in total. The van der Waals surface area contributed by atoms with Gasteiger partial charge in [0.15, 0.2) is 17.0 Å². The van der Waals surface area contributed by atoms with Crippen LogP contribution in [0.15, 0.2) is 71.3 Å². The summed E-state index contributed by atoms with van der Waals surface area (Å²) in [6, 6.07) is 16.7. The predicted octanol–water partition coefficient (Wildman–Crippen LogP) is 3.92. The Hall–Kier alpha value is -4.05. The summed E-state index contributed by atoms with van der Waals surface area (Å²) < 4.78 is 12.2. The van der Waals surface area contributed by atoms with Gasteiger partial charge in [0.25, 0.3) is 0 Å². The molecule has 2 atom stereocenters. The number of para-hydroxylation sites is 2. The van der Waals surface area contributed by atoms with E-state index in [-0.39, 0.29) is 34.9 Å². The fourth-order valence-electron chi connectivity index (χ4n) is 6.45. The Bertz CT molecular complexity index is 1430. The van der Waals surface area contributed by atoms with E-state index in [0.29, 0.717) is 40.3 Å². The van der Waals surface area contributed by atoms with Crippen molar-refractivity contribution < 1.29 is 19.1 Å². The van der Waals surface area contributed by atoms with Crippen molar-refractivity contribution in [3.05, 3.63) is 82.4 Å². The van der Waals surface area contributed by atoms with Gasteiger partial charge in [0.2, 0.25) is 11.6 Å². The second-order valence-corrected chi connectivity index (χ2v) is 9.99. The van der Waals surface area contributed by atoms with Crippen LogP contribution in [0, 0.1) is 22.2 Å². The molecule has 2 aromatic carbocycles. The van der Waals surface area contributed by atoms with Crippen molar-refractivity contribution in [1.29, 1.82) is 5.26 Å². The molecule has 0 saturated heterocycles. The molecule has 0 aromatic heterocycles. The van der Waals surface area contributed by atoms with Crippen LogP contribution in [0.1, 0.15) is 42.6 Å². The fraction of sp³-hybridized carbons (Fsp3) is 0.296. The topological polar surface area (TPSA) is 106 Å². The molecule has 4 aliphatic rings. The molecule has 0 unspecified atom stereocenters. The van der Waals surface area contributed by atoms with Crippen LogP contribution >= 0.6 is 0 Å². The van der Waals surface area contributed by atoms with Crippen LogP contribution in [-0.4, -0.2) is 18.7 Å². The largest absolute Gasteiger partial charge is 0.495 e. The minimum atomic E-state index is -1.67. The molecule has 2 heterocycles. The number of hydrogen-bond acceptors (Lipinski definition) is 7. The second-order valence-electron chi connectivity index (χ2n) is 9.99. The lowest BCUT2D eigenvalue weighted by molar-refractivity contribution is -0.119. The van der Waals surface area contributed by atoms with Crippen molar-refractivity contribution >= 4 is 17.3 Å². The van der Waals surface area contributed by atoms with E-state index in [2.05, 4.69) is 6.07 Å². The molecular formula is C27H23N3O4. The molecular weight excluding hydrogens is 430 g/mol. The summed E-state index contributed by atoms with van der Waals surface area (Å²) in [5.41, 5.74) is 5.39. The minimum Gasteiger partial charge on any atom is -0.495 e. The van der Waals surface area contributed by atoms with E-state index >= 15 is 0 Å². The number of hydrogen-bond donors (Lipinski definition) is 1. The van der Waals surface area contributed by atoms with E-state index in [1.807, 2.05) is 55.1 Å². The molecule has 0 fully saturated rings. The van der Waals surface area contributed by atoms with E-state index < -0.39 is 11.1 Å². The zero-order chi connectivity index (χ0) is 24.0. The van der Waals surface area contributed by atoms with Gasteiger partial charge in [-0.05, 0) is 24.0 Å². The predicted molar refractivity (Wildman–Crippen MR) is 123 cm³/mol. The summed E-state index contributed by atoms with van der Waals surface area (Å²) >= 11 is 0. The summed E-state index contributed by atoms with van der Waals surface area (Å²) in [6.07, 6.45) is 0.776. The quantitative estimate of drug-likeness (QED) is 0.735. The van der Waals surface area contributed by atoms with Crippen molar-refractivity contribution in [1.82, 2.24) is 0 Å². The first-order valence-electron chi connectivity index (χ1n) is 11.2. The van der Waals surface area contributed by atoms with E-state index in [9.17, 15) is 14.9 Å². The number of rotatable bonds is 2. The number of ketones is 2. The van der Waals surface area contributed by atoms with Gasteiger partial charge >= 0.3 is 0 Å². The van der Waals surface area contributed by atoms with Crippen molar-refractivity contribution in [2.75, 3.05) is 12.0 Å². The Balaban J connectivity index is 1.81. The Morgan fingerprint density at radius 1 is 1.09 bits per heavy atom. The lowest BCUT2D eigenvalue weighted by Crippen LogP contribution is -2.52. The maximum Gasteiger partial charge on any atom is 0.238 e. The highest BCUT2D eigenvalue weighted by atomic mass is 16.5. The average molecular weight is 453 g/mol. The number of carbonyl (C=O) groups is 2. The highest BCUT2D eigenvalue weighted by Crippen LogP contribution is 2.73. The van der Waals surface area contributed by atoms with Gasteiger partial charge in [-0.1, -0.05) is 50.2 Å². The van der Waals surface area contributed by atoms with Crippen molar-refractivity contribution in [3.8, 4) is 11.8 Å². The zero-order valence-corrected chi connectivity index (χ0v) is 19.1. The minimum absolute atomic E-state index is 0.00773. The molecule has 170 valence electrons. The van der Waals surface area contributed by atoms with Gasteiger partial charge in [-0.2, -0.15) is 5.26 Å². The third-order valence-electron chi connectivity index (χ3n) is 7.51. The van der Waals surface area contributed by atoms with Gasteiger partial charge in [0, 0.05) is 28.8 Å². The monoisotopic (exact) mass is 453 g/mol. The lowest BCUT2D eigenvalue weighted by atomic mass is 9.64. The third kappa shape index (κ3) is 2.03. The molecule has 0 radical (unpaired) electrons. The number of nitriles is 1. The van der Waals surface area contributed by atoms with Gasteiger partial charge < -0.3 is 15.2 Å². The molecule has 7 heteroatoms. The van der Waals surface area contributed by atoms with Crippen LogP contribution < -0.4 is 15.4 Å². The first-order valence-corrected chi connectivity index (χ1v) is 11.2. The molecule has 2 aromatic rings. The summed E-state index contributed by atoms with van der Waals surface area (Å²) in [7, 11) is 1.57. The number of nitrogens with zero attached hydrogens (tertiary/aromatic N) is 2. The number of methoxy groups -OCH3 is 1. The molecule has 2 aliphatic heterocycles. The molecule has 2 N–H and O–H groups in total. The molecule has 0 saturated carbocycles. The van der Waals surface area contributed by atoms with Crippen LogP contribution in [0.25, 0.3) is 0 Å². The molecule has 0 amide bonds. The van der Waals surface area contributed by atoms with E-state index in [1.165, 1.54) is 0 Å². The van der Waals surface area contributed by atoms with Crippen LogP contribution in [0.5, 0.6) is 5.75 Å². The Labute approximate surface area is 197 Å². The number of carbonyl (C=O) groups excluding carboxylic acids is 2. The summed E-state index contributed by atoms with van der Waals surface area (Å²) in [5, 5.41) is 10.3. The Morgan fingerprint density at radius 2 is 1.79 bits per heavy atom. The fourth-order valence-corrected chi connectivity index (χ4v) is 6.45. The van der Waals surface area contributed by atoms with Crippen molar-refractivity contribution in [2.45, 2.75) is 32.4 Å². The van der Waals surface area contributed by atoms with Crippen molar-refractivity contribution in [2.24, 2.45) is 16.6 Å². The van der Waals surface area contributed by atoms with Crippen LogP contribution in [-0.2, 0) is 15.3 Å². The normalized spacial score (nSPS) is 28.2. The number of ether oxygens (including phenoxy) is 2. The summed E-state index contributed by atoms with van der Waals surface area (Å²) in [4.78, 5) is 30.1. The SMILES string of the molecule is COc1ccccc1N1C2=C(C(=O)CC(C)(C)C2)[C@]23C(=O)c4ccccc4[C@]12OC(N)=C3C#N. The smallest absolute Gasteiger partial charge is 0.238 e. The van der Waals surface area contributed by atoms with Gasteiger partial charge in [0.05, 0.1) is 12.8 Å². The molecule has 34 heavy (non-hydrogen) atoms. The van der Waals surface area contributed by atoms with Gasteiger partial charge in [-0.3, -0.25) is 14.5 Å². The van der Waals surface area contributed by atoms with Crippen LogP contribution in [0.3, 0.4) is 0 Å². The summed E-state index contributed by atoms with van der Waals surface area (Å²) in [6.45, 7) is 4.06. The molecule has 6 rings (SSSR count). The van der Waals surface area contributed by atoms with Gasteiger partial charge in [-0.25, -0.2) is 0 Å². The molecule has 2 aliphatic carbocycles.